The fraction of sp³-hybridized carbons (Fsp3) is 0.500. The lowest BCUT2D eigenvalue weighted by Crippen LogP contribution is -2.46. The number of rotatable bonds is 3. The Bertz CT molecular complexity index is 774. The normalized spacial score (nSPS) is 27.7. The number of aliphatic hydroxyl groups excluding tert-OH is 1. The van der Waals surface area contributed by atoms with Gasteiger partial charge >= 0.3 is 0 Å². The predicted octanol–water partition coefficient (Wildman–Crippen LogP) is 2.64. The second-order valence-corrected chi connectivity index (χ2v) is 7.23. The van der Waals surface area contributed by atoms with Crippen molar-refractivity contribution in [3.8, 4) is 0 Å². The number of benzene rings is 1. The van der Waals surface area contributed by atoms with E-state index in [1.54, 1.807) is 10.6 Å². The molecule has 2 aliphatic rings. The van der Waals surface area contributed by atoms with Gasteiger partial charge in [-0.15, -0.1) is 0 Å². The zero-order valence-electron chi connectivity index (χ0n) is 13.0. The maximum Gasteiger partial charge on any atom is 0.258 e. The molecule has 2 bridgehead atoms. The highest BCUT2D eigenvalue weighted by atomic mass is 35.5. The molecule has 2 unspecified atom stereocenters. The monoisotopic (exact) mass is 332 g/mol. The van der Waals surface area contributed by atoms with E-state index in [-0.39, 0.29) is 11.7 Å². The molecule has 5 heteroatoms. The average Bonchev–Trinajstić information content (AvgIpc) is 2.77. The van der Waals surface area contributed by atoms with Crippen molar-refractivity contribution < 1.29 is 5.11 Å². The van der Waals surface area contributed by atoms with Gasteiger partial charge in [-0.2, -0.15) is 0 Å². The molecule has 2 aromatic rings. The minimum absolute atomic E-state index is 0.0226. The van der Waals surface area contributed by atoms with Gasteiger partial charge in [-0.25, -0.2) is 0 Å². The van der Waals surface area contributed by atoms with E-state index in [0.717, 1.165) is 24.8 Å². The van der Waals surface area contributed by atoms with Crippen molar-refractivity contribution in [2.24, 2.45) is 0 Å². The lowest BCUT2D eigenvalue weighted by Gasteiger charge is -2.37. The molecular formula is C18H21ClN2O2. The van der Waals surface area contributed by atoms with E-state index < -0.39 is 0 Å². The van der Waals surface area contributed by atoms with Crippen LogP contribution >= 0.6 is 11.6 Å². The summed E-state index contributed by atoms with van der Waals surface area (Å²) in [5, 5.41) is 12.1. The number of nitrogens with zero attached hydrogens (tertiary/aromatic N) is 2. The molecule has 4 nitrogen and oxygen atoms in total. The number of halogens is 1. The number of aromatic nitrogens is 1. The Labute approximate surface area is 140 Å². The van der Waals surface area contributed by atoms with Gasteiger partial charge < -0.3 is 9.67 Å². The zero-order chi connectivity index (χ0) is 16.0. The summed E-state index contributed by atoms with van der Waals surface area (Å²) >= 11 is 6.02. The van der Waals surface area contributed by atoms with Gasteiger partial charge in [0.05, 0.1) is 6.10 Å². The molecule has 1 aromatic heterocycles. The predicted molar refractivity (Wildman–Crippen MR) is 92.0 cm³/mol. The quantitative estimate of drug-likeness (QED) is 0.940. The molecule has 4 rings (SSSR count). The van der Waals surface area contributed by atoms with E-state index in [4.69, 9.17) is 11.6 Å². The number of fused-ring (bicyclic) bond motifs is 3. The van der Waals surface area contributed by atoms with Crippen molar-refractivity contribution in [3.63, 3.8) is 0 Å². The summed E-state index contributed by atoms with van der Waals surface area (Å²) in [7, 11) is 0. The van der Waals surface area contributed by atoms with Crippen molar-refractivity contribution in [2.75, 3.05) is 6.54 Å². The van der Waals surface area contributed by atoms with Gasteiger partial charge in [-0.1, -0.05) is 17.7 Å². The van der Waals surface area contributed by atoms with E-state index in [2.05, 4.69) is 4.90 Å². The second kappa shape index (κ2) is 5.93. The summed E-state index contributed by atoms with van der Waals surface area (Å²) in [6, 6.07) is 8.38. The largest absolute Gasteiger partial charge is 0.393 e. The van der Waals surface area contributed by atoms with E-state index in [0.29, 0.717) is 29.0 Å². The number of pyridine rings is 1. The molecule has 0 saturated carbocycles. The van der Waals surface area contributed by atoms with Gasteiger partial charge in [-0.3, -0.25) is 9.69 Å². The van der Waals surface area contributed by atoms with Crippen molar-refractivity contribution in [2.45, 2.75) is 50.4 Å². The summed E-state index contributed by atoms with van der Waals surface area (Å²) in [5.41, 5.74) is 0.0226. The van der Waals surface area contributed by atoms with Gasteiger partial charge in [0.25, 0.3) is 5.56 Å². The highest BCUT2D eigenvalue weighted by molar-refractivity contribution is 6.31. The van der Waals surface area contributed by atoms with Gasteiger partial charge in [0, 0.05) is 41.8 Å². The molecule has 122 valence electrons. The molecule has 0 radical (unpaired) electrons. The lowest BCUT2D eigenvalue weighted by atomic mass is 10.00. The van der Waals surface area contributed by atoms with Crippen LogP contribution < -0.4 is 5.56 Å². The number of hydrogen-bond donors (Lipinski definition) is 1. The number of hydrogen-bond acceptors (Lipinski definition) is 3. The van der Waals surface area contributed by atoms with Crippen LogP contribution in [0.3, 0.4) is 0 Å². The molecule has 1 aromatic carbocycles. The Morgan fingerprint density at radius 1 is 1.13 bits per heavy atom. The summed E-state index contributed by atoms with van der Waals surface area (Å²) in [4.78, 5) is 15.1. The van der Waals surface area contributed by atoms with Gasteiger partial charge in [0.1, 0.15) is 0 Å². The van der Waals surface area contributed by atoms with Crippen LogP contribution in [0.4, 0.5) is 0 Å². The Hall–Kier alpha value is -1.36. The molecule has 0 amide bonds. The Morgan fingerprint density at radius 2 is 1.87 bits per heavy atom. The first-order valence-electron chi connectivity index (χ1n) is 8.34. The van der Waals surface area contributed by atoms with Gasteiger partial charge in [-0.05, 0) is 49.3 Å². The number of piperidine rings is 1. The summed E-state index contributed by atoms with van der Waals surface area (Å²) in [6.07, 6.45) is 5.82. The van der Waals surface area contributed by atoms with Crippen LogP contribution in [0.15, 0.2) is 35.3 Å². The second-order valence-electron chi connectivity index (χ2n) is 6.79. The standard InChI is InChI=1S/C18H21ClN2O2/c19-13-2-1-12-5-6-20(18(23)17(12)9-13)7-8-21-14-3-4-15(21)11-16(22)10-14/h1-2,5-6,9,14-16,22H,3-4,7-8,10-11H2. The van der Waals surface area contributed by atoms with Crippen LogP contribution in [0, 0.1) is 0 Å². The maximum absolute atomic E-state index is 12.6. The third kappa shape index (κ3) is 2.80. The molecule has 0 aliphatic carbocycles. The summed E-state index contributed by atoms with van der Waals surface area (Å²) < 4.78 is 1.78. The zero-order valence-corrected chi connectivity index (χ0v) is 13.7. The molecule has 3 heterocycles. The first kappa shape index (κ1) is 15.2. The minimum Gasteiger partial charge on any atom is -0.393 e. The van der Waals surface area contributed by atoms with Gasteiger partial charge in [0.2, 0.25) is 0 Å². The SMILES string of the molecule is O=c1c2cc(Cl)ccc2ccn1CCN1C2CCC1CC(O)C2. The van der Waals surface area contributed by atoms with E-state index in [1.165, 1.54) is 12.8 Å². The van der Waals surface area contributed by atoms with E-state index in [1.807, 2.05) is 24.4 Å². The first-order chi connectivity index (χ1) is 11.1. The van der Waals surface area contributed by atoms with Crippen molar-refractivity contribution in [1.82, 2.24) is 9.47 Å². The van der Waals surface area contributed by atoms with Crippen LogP contribution in [0.1, 0.15) is 25.7 Å². The summed E-state index contributed by atoms with van der Waals surface area (Å²) in [6.45, 7) is 1.55. The van der Waals surface area contributed by atoms with Crippen molar-refractivity contribution >= 4 is 22.4 Å². The molecule has 23 heavy (non-hydrogen) atoms. The highest BCUT2D eigenvalue weighted by Crippen LogP contribution is 2.35. The molecule has 2 aliphatic heterocycles. The smallest absolute Gasteiger partial charge is 0.258 e. The summed E-state index contributed by atoms with van der Waals surface area (Å²) in [5.74, 6) is 0. The van der Waals surface area contributed by atoms with E-state index >= 15 is 0 Å². The Kier molecular flexibility index (Phi) is 3.92. The van der Waals surface area contributed by atoms with E-state index in [9.17, 15) is 9.90 Å². The molecular weight excluding hydrogens is 312 g/mol. The van der Waals surface area contributed by atoms with Crippen LogP contribution in [0.2, 0.25) is 5.02 Å². The topological polar surface area (TPSA) is 45.5 Å². The maximum atomic E-state index is 12.6. The molecule has 2 fully saturated rings. The molecule has 1 N–H and O–H groups in total. The Balaban J connectivity index is 1.55. The molecule has 2 atom stereocenters. The molecule has 0 spiro atoms. The minimum atomic E-state index is -0.144. The van der Waals surface area contributed by atoms with Crippen LogP contribution in [0.25, 0.3) is 10.8 Å². The first-order valence-corrected chi connectivity index (χ1v) is 8.72. The Morgan fingerprint density at radius 3 is 2.61 bits per heavy atom. The highest BCUT2D eigenvalue weighted by Gasteiger charge is 2.39. The fourth-order valence-corrected chi connectivity index (χ4v) is 4.43. The number of aliphatic hydroxyl groups is 1. The van der Waals surface area contributed by atoms with Crippen molar-refractivity contribution in [3.05, 3.63) is 45.8 Å². The third-order valence-corrected chi connectivity index (χ3v) is 5.63. The van der Waals surface area contributed by atoms with Crippen LogP contribution in [-0.2, 0) is 6.54 Å². The third-order valence-electron chi connectivity index (χ3n) is 5.40. The van der Waals surface area contributed by atoms with Gasteiger partial charge in [0.15, 0.2) is 0 Å². The molecule has 2 saturated heterocycles. The average molecular weight is 333 g/mol. The lowest BCUT2D eigenvalue weighted by molar-refractivity contribution is 0.0336. The fourth-order valence-electron chi connectivity index (χ4n) is 4.26. The van der Waals surface area contributed by atoms with Crippen molar-refractivity contribution in [1.29, 1.82) is 0 Å². The van der Waals surface area contributed by atoms with Crippen LogP contribution in [0.5, 0.6) is 0 Å². The van der Waals surface area contributed by atoms with Crippen LogP contribution in [-0.4, -0.2) is 39.3 Å².